The Morgan fingerprint density at radius 2 is 1.90 bits per heavy atom. The van der Waals surface area contributed by atoms with Crippen LogP contribution in [0.1, 0.15) is 29.8 Å². The summed E-state index contributed by atoms with van der Waals surface area (Å²) < 4.78 is 1.94. The average molecular weight is 390 g/mol. The highest BCUT2D eigenvalue weighted by Gasteiger charge is 2.26. The number of benzene rings is 1. The predicted octanol–water partition coefficient (Wildman–Crippen LogP) is 2.81. The van der Waals surface area contributed by atoms with Crippen molar-refractivity contribution in [3.05, 3.63) is 65.9 Å². The first-order valence-electron chi connectivity index (χ1n) is 10.0. The van der Waals surface area contributed by atoms with E-state index in [4.69, 9.17) is 0 Å². The Morgan fingerprint density at radius 3 is 2.59 bits per heavy atom. The Bertz CT molecular complexity index is 962. The normalized spacial score (nSPS) is 14.8. The summed E-state index contributed by atoms with van der Waals surface area (Å²) in [4.78, 5) is 23.4. The van der Waals surface area contributed by atoms with E-state index in [0.29, 0.717) is 6.54 Å². The van der Waals surface area contributed by atoms with Gasteiger partial charge in [0.15, 0.2) is 0 Å². The van der Waals surface area contributed by atoms with Crippen LogP contribution < -0.4 is 10.2 Å². The van der Waals surface area contributed by atoms with Crippen molar-refractivity contribution in [1.29, 1.82) is 0 Å². The average Bonchev–Trinajstić information content (AvgIpc) is 3.07. The molecule has 0 atom stereocenters. The van der Waals surface area contributed by atoms with Gasteiger partial charge in [-0.25, -0.2) is 9.67 Å². The van der Waals surface area contributed by atoms with Crippen LogP contribution in [-0.4, -0.2) is 38.7 Å². The first-order valence-corrected chi connectivity index (χ1v) is 10.0. The van der Waals surface area contributed by atoms with Crippen LogP contribution in [-0.2, 0) is 11.3 Å². The van der Waals surface area contributed by atoms with Crippen LogP contribution in [0.15, 0.2) is 48.9 Å². The highest BCUT2D eigenvalue weighted by Crippen LogP contribution is 2.22. The van der Waals surface area contributed by atoms with Gasteiger partial charge in [-0.15, -0.1) is 0 Å². The molecule has 4 rings (SSSR count). The molecule has 150 valence electrons. The fourth-order valence-corrected chi connectivity index (χ4v) is 3.90. The number of nitrogens with one attached hydrogen (secondary N) is 1. The molecule has 29 heavy (non-hydrogen) atoms. The molecule has 7 heteroatoms. The van der Waals surface area contributed by atoms with Crippen molar-refractivity contribution in [3.63, 3.8) is 0 Å². The summed E-state index contributed by atoms with van der Waals surface area (Å²) in [6, 6.07) is 10.1. The molecule has 7 nitrogen and oxygen atoms in total. The standard InChI is InChI=1S/C22H26N6O/c1-16-20(17(2)28(26-16)19-6-4-3-5-7-19)14-25-22(29)18-8-12-27(13-9-18)21-15-23-10-11-24-21/h3-7,10-11,15,18H,8-9,12-14H2,1-2H3,(H,25,29). The van der Waals surface area contributed by atoms with Crippen LogP contribution >= 0.6 is 0 Å². The number of carbonyl (C=O) groups excluding carboxylic acids is 1. The molecule has 1 fully saturated rings. The highest BCUT2D eigenvalue weighted by atomic mass is 16.1. The molecular formula is C22H26N6O. The first kappa shape index (κ1) is 19.1. The van der Waals surface area contributed by atoms with Gasteiger partial charge in [0.05, 0.1) is 17.6 Å². The maximum absolute atomic E-state index is 12.7. The van der Waals surface area contributed by atoms with E-state index in [0.717, 1.165) is 54.4 Å². The Morgan fingerprint density at radius 1 is 1.14 bits per heavy atom. The van der Waals surface area contributed by atoms with Crippen molar-refractivity contribution in [1.82, 2.24) is 25.1 Å². The maximum atomic E-state index is 12.7. The molecule has 2 aromatic heterocycles. The number of para-hydroxylation sites is 1. The third-order valence-corrected chi connectivity index (χ3v) is 5.62. The fraction of sp³-hybridized carbons (Fsp3) is 0.364. The van der Waals surface area contributed by atoms with Gasteiger partial charge in [0.1, 0.15) is 5.82 Å². The number of hydrogen-bond donors (Lipinski definition) is 1. The van der Waals surface area contributed by atoms with Gasteiger partial charge in [-0.3, -0.25) is 9.78 Å². The second-order valence-corrected chi connectivity index (χ2v) is 7.44. The molecule has 0 bridgehead atoms. The van der Waals surface area contributed by atoms with E-state index < -0.39 is 0 Å². The number of amides is 1. The van der Waals surface area contributed by atoms with Crippen LogP contribution in [0.4, 0.5) is 5.82 Å². The Hall–Kier alpha value is -3.22. The van der Waals surface area contributed by atoms with Crippen molar-refractivity contribution < 1.29 is 4.79 Å². The molecule has 3 heterocycles. The number of aryl methyl sites for hydroxylation is 1. The molecular weight excluding hydrogens is 364 g/mol. The molecule has 1 saturated heterocycles. The lowest BCUT2D eigenvalue weighted by Crippen LogP contribution is -2.40. The van der Waals surface area contributed by atoms with Crippen LogP contribution in [0, 0.1) is 19.8 Å². The summed E-state index contributed by atoms with van der Waals surface area (Å²) in [6.45, 7) is 6.19. The predicted molar refractivity (Wildman–Crippen MR) is 112 cm³/mol. The second-order valence-electron chi connectivity index (χ2n) is 7.44. The summed E-state index contributed by atoms with van der Waals surface area (Å²) >= 11 is 0. The van der Waals surface area contributed by atoms with Crippen LogP contribution in [0.3, 0.4) is 0 Å². The van der Waals surface area contributed by atoms with E-state index >= 15 is 0 Å². The first-order chi connectivity index (χ1) is 14.1. The lowest BCUT2D eigenvalue weighted by atomic mass is 9.96. The highest BCUT2D eigenvalue weighted by molar-refractivity contribution is 5.79. The minimum atomic E-state index is 0.0349. The van der Waals surface area contributed by atoms with Gasteiger partial charge in [-0.1, -0.05) is 18.2 Å². The second kappa shape index (κ2) is 8.43. The van der Waals surface area contributed by atoms with Crippen LogP contribution in [0.2, 0.25) is 0 Å². The molecule has 1 amide bonds. The van der Waals surface area contributed by atoms with Gasteiger partial charge in [-0.05, 0) is 38.8 Å². The molecule has 0 aliphatic carbocycles. The molecule has 3 aromatic rings. The zero-order valence-electron chi connectivity index (χ0n) is 16.9. The zero-order valence-corrected chi connectivity index (χ0v) is 16.9. The quantitative estimate of drug-likeness (QED) is 0.725. The van der Waals surface area contributed by atoms with Gasteiger partial charge >= 0.3 is 0 Å². The summed E-state index contributed by atoms with van der Waals surface area (Å²) in [5, 5.41) is 7.79. The third-order valence-electron chi connectivity index (χ3n) is 5.62. The number of aromatic nitrogens is 4. The molecule has 1 aliphatic rings. The minimum absolute atomic E-state index is 0.0349. The Balaban J connectivity index is 1.35. The molecule has 0 spiro atoms. The van der Waals surface area contributed by atoms with Crippen LogP contribution in [0.5, 0.6) is 0 Å². The molecule has 0 unspecified atom stereocenters. The van der Waals surface area contributed by atoms with Gasteiger partial charge in [0.2, 0.25) is 5.91 Å². The molecule has 0 saturated carbocycles. The lowest BCUT2D eigenvalue weighted by molar-refractivity contribution is -0.125. The van der Waals surface area contributed by atoms with Crippen molar-refractivity contribution in [3.8, 4) is 5.69 Å². The van der Waals surface area contributed by atoms with Crippen molar-refractivity contribution in [2.24, 2.45) is 5.92 Å². The van der Waals surface area contributed by atoms with E-state index in [1.807, 2.05) is 48.9 Å². The van der Waals surface area contributed by atoms with E-state index in [-0.39, 0.29) is 11.8 Å². The Labute approximate surface area is 170 Å². The lowest BCUT2D eigenvalue weighted by Gasteiger charge is -2.31. The molecule has 1 aromatic carbocycles. The van der Waals surface area contributed by atoms with E-state index in [2.05, 4.69) is 25.3 Å². The molecule has 1 N–H and O–H groups in total. The number of rotatable bonds is 5. The number of nitrogens with zero attached hydrogens (tertiary/aromatic N) is 5. The largest absolute Gasteiger partial charge is 0.355 e. The molecule has 1 aliphatic heterocycles. The summed E-state index contributed by atoms with van der Waals surface area (Å²) in [7, 11) is 0. The number of anilines is 1. The van der Waals surface area contributed by atoms with Gasteiger partial charge in [-0.2, -0.15) is 5.10 Å². The third kappa shape index (κ3) is 4.13. The van der Waals surface area contributed by atoms with Gasteiger partial charge < -0.3 is 10.2 Å². The number of piperidine rings is 1. The summed E-state index contributed by atoms with van der Waals surface area (Å²) in [6.07, 6.45) is 6.80. The summed E-state index contributed by atoms with van der Waals surface area (Å²) in [5.41, 5.74) is 4.12. The summed E-state index contributed by atoms with van der Waals surface area (Å²) in [5.74, 6) is 1.04. The fourth-order valence-electron chi connectivity index (χ4n) is 3.90. The monoisotopic (exact) mass is 390 g/mol. The molecule has 0 radical (unpaired) electrons. The van der Waals surface area contributed by atoms with E-state index in [1.165, 1.54) is 0 Å². The van der Waals surface area contributed by atoms with Crippen molar-refractivity contribution in [2.75, 3.05) is 18.0 Å². The SMILES string of the molecule is Cc1nn(-c2ccccc2)c(C)c1CNC(=O)C1CCN(c2cnccn2)CC1. The smallest absolute Gasteiger partial charge is 0.223 e. The number of hydrogen-bond acceptors (Lipinski definition) is 5. The van der Waals surface area contributed by atoms with Crippen molar-refractivity contribution in [2.45, 2.75) is 33.2 Å². The number of carbonyl (C=O) groups is 1. The Kier molecular flexibility index (Phi) is 5.55. The van der Waals surface area contributed by atoms with Crippen molar-refractivity contribution >= 4 is 11.7 Å². The maximum Gasteiger partial charge on any atom is 0.223 e. The topological polar surface area (TPSA) is 75.9 Å². The van der Waals surface area contributed by atoms with Gasteiger partial charge in [0.25, 0.3) is 0 Å². The minimum Gasteiger partial charge on any atom is -0.355 e. The van der Waals surface area contributed by atoms with E-state index in [9.17, 15) is 4.79 Å². The van der Waals surface area contributed by atoms with Crippen LogP contribution in [0.25, 0.3) is 5.69 Å². The van der Waals surface area contributed by atoms with Gasteiger partial charge in [0, 0.05) is 49.2 Å². The van der Waals surface area contributed by atoms with E-state index in [1.54, 1.807) is 18.6 Å². The zero-order chi connectivity index (χ0) is 20.2.